The molecule has 3 aliphatic carbocycles. The van der Waals surface area contributed by atoms with Crippen LogP contribution in [0.3, 0.4) is 0 Å². The first-order valence-corrected chi connectivity index (χ1v) is 15.3. The van der Waals surface area contributed by atoms with Gasteiger partial charge >= 0.3 is 12.5 Å². The molecule has 42 heavy (non-hydrogen) atoms. The van der Waals surface area contributed by atoms with E-state index in [2.05, 4.69) is 11.7 Å². The van der Waals surface area contributed by atoms with Crippen molar-refractivity contribution in [3.05, 3.63) is 48.0 Å². The fourth-order valence-corrected chi connectivity index (χ4v) is 7.68. The van der Waals surface area contributed by atoms with E-state index in [1.807, 2.05) is 0 Å². The molecule has 5 rings (SSSR count). The Balaban J connectivity index is 1.13. The molecule has 3 saturated carbocycles. The molecular formula is C33H39F7O2. The molecule has 2 aromatic rings. The predicted molar refractivity (Wildman–Crippen MR) is 146 cm³/mol. The van der Waals surface area contributed by atoms with Crippen molar-refractivity contribution in [2.75, 3.05) is 0 Å². The Morgan fingerprint density at radius 1 is 0.595 bits per heavy atom. The van der Waals surface area contributed by atoms with E-state index in [9.17, 15) is 22.0 Å². The Labute approximate surface area is 243 Å². The molecule has 0 spiro atoms. The number of hydrogen-bond acceptors (Lipinski definition) is 2. The van der Waals surface area contributed by atoms with Gasteiger partial charge in [0.2, 0.25) is 0 Å². The quantitative estimate of drug-likeness (QED) is 0.294. The first-order chi connectivity index (χ1) is 19.9. The molecule has 0 aliphatic heterocycles. The molecular weight excluding hydrogens is 561 g/mol. The minimum absolute atomic E-state index is 0.0708. The van der Waals surface area contributed by atoms with Gasteiger partial charge in [0.15, 0.2) is 11.6 Å². The maximum atomic E-state index is 15.1. The largest absolute Gasteiger partial charge is 0.573 e. The highest BCUT2D eigenvalue weighted by molar-refractivity contribution is 5.66. The average molecular weight is 601 g/mol. The van der Waals surface area contributed by atoms with Crippen LogP contribution in [0.15, 0.2) is 36.4 Å². The first-order valence-electron chi connectivity index (χ1n) is 15.3. The second-order valence-corrected chi connectivity index (χ2v) is 12.8. The zero-order chi connectivity index (χ0) is 30.1. The van der Waals surface area contributed by atoms with E-state index in [0.29, 0.717) is 30.7 Å². The lowest BCUT2D eigenvalue weighted by atomic mass is 9.65. The third-order valence-corrected chi connectivity index (χ3v) is 10.1. The molecule has 0 saturated heterocycles. The maximum absolute atomic E-state index is 15.1. The van der Waals surface area contributed by atoms with E-state index in [4.69, 9.17) is 4.74 Å². The summed E-state index contributed by atoms with van der Waals surface area (Å²) in [6, 6.07) is 5.56. The topological polar surface area (TPSA) is 18.5 Å². The van der Waals surface area contributed by atoms with Crippen LogP contribution >= 0.6 is 0 Å². The molecule has 0 amide bonds. The fourth-order valence-electron chi connectivity index (χ4n) is 7.68. The van der Waals surface area contributed by atoms with E-state index in [-0.39, 0.29) is 16.9 Å². The first kappa shape index (κ1) is 31.0. The SMILES string of the molecule is CC1CCC(C2CCC(C3CCC(C(F)(F)Oc4ccc(-c5ccc(OC(F)(F)F)c(F)c5)c(F)c4)CC3)CC2)CC1. The number of hydrogen-bond donors (Lipinski definition) is 0. The molecule has 2 nitrogen and oxygen atoms in total. The zero-order valence-electron chi connectivity index (χ0n) is 23.9. The van der Waals surface area contributed by atoms with Crippen molar-refractivity contribution in [1.29, 1.82) is 0 Å². The molecule has 3 fully saturated rings. The molecule has 0 bridgehead atoms. The van der Waals surface area contributed by atoms with E-state index in [0.717, 1.165) is 60.9 Å². The van der Waals surface area contributed by atoms with Gasteiger partial charge in [-0.2, -0.15) is 8.78 Å². The van der Waals surface area contributed by atoms with E-state index in [1.165, 1.54) is 51.4 Å². The van der Waals surface area contributed by atoms with Gasteiger partial charge in [0.25, 0.3) is 0 Å². The highest BCUT2D eigenvalue weighted by atomic mass is 19.4. The maximum Gasteiger partial charge on any atom is 0.573 e. The Hall–Kier alpha value is -2.45. The van der Waals surface area contributed by atoms with Crippen LogP contribution in [0.5, 0.6) is 11.5 Å². The summed E-state index contributed by atoms with van der Waals surface area (Å²) in [6.45, 7) is 2.35. The highest BCUT2D eigenvalue weighted by Crippen LogP contribution is 2.48. The third-order valence-electron chi connectivity index (χ3n) is 10.1. The lowest BCUT2D eigenvalue weighted by molar-refractivity contribution is -0.275. The summed E-state index contributed by atoms with van der Waals surface area (Å²) in [5.74, 6) is -1.05. The summed E-state index contributed by atoms with van der Waals surface area (Å²) in [7, 11) is 0. The van der Waals surface area contributed by atoms with Gasteiger partial charge in [0.05, 0.1) is 5.92 Å². The van der Waals surface area contributed by atoms with Crippen LogP contribution < -0.4 is 9.47 Å². The fraction of sp³-hybridized carbons (Fsp3) is 0.636. The minimum atomic E-state index is -5.08. The summed E-state index contributed by atoms with van der Waals surface area (Å²) in [5, 5.41) is 0. The van der Waals surface area contributed by atoms with Gasteiger partial charge in [0, 0.05) is 11.6 Å². The van der Waals surface area contributed by atoms with Crippen molar-refractivity contribution in [2.24, 2.45) is 35.5 Å². The summed E-state index contributed by atoms with van der Waals surface area (Å²) in [5.41, 5.74) is -0.241. The normalized spacial score (nSPS) is 29.2. The van der Waals surface area contributed by atoms with E-state index in [1.54, 1.807) is 0 Å². The smallest absolute Gasteiger partial charge is 0.432 e. The van der Waals surface area contributed by atoms with E-state index >= 15 is 8.78 Å². The Bertz CT molecular complexity index is 1190. The summed E-state index contributed by atoms with van der Waals surface area (Å²) in [6.07, 6.45) is 3.98. The second-order valence-electron chi connectivity index (χ2n) is 12.8. The average Bonchev–Trinajstić information content (AvgIpc) is 2.94. The Morgan fingerprint density at radius 2 is 1.12 bits per heavy atom. The lowest BCUT2D eigenvalue weighted by Crippen LogP contribution is -2.38. The molecule has 0 atom stereocenters. The van der Waals surface area contributed by atoms with Gasteiger partial charge in [-0.3, -0.25) is 0 Å². The van der Waals surface area contributed by atoms with Crippen molar-refractivity contribution in [3.63, 3.8) is 0 Å². The van der Waals surface area contributed by atoms with Gasteiger partial charge in [-0.15, -0.1) is 13.2 Å². The molecule has 0 aromatic heterocycles. The van der Waals surface area contributed by atoms with Crippen LogP contribution in [0.25, 0.3) is 11.1 Å². The highest BCUT2D eigenvalue weighted by Gasteiger charge is 2.45. The molecule has 0 radical (unpaired) electrons. The number of alkyl halides is 5. The van der Waals surface area contributed by atoms with Gasteiger partial charge in [-0.1, -0.05) is 25.8 Å². The molecule has 9 heteroatoms. The standard InChI is InChI=1S/C33H39F7O2/c1-20-2-4-21(5-3-20)22-6-8-23(9-7-22)24-10-13-26(14-11-24)32(36,37)41-27-15-16-28(29(34)19-27)25-12-17-31(30(35)18-25)42-33(38,39)40/h12,15-24,26H,2-11,13-14H2,1H3. The van der Waals surface area contributed by atoms with Crippen molar-refractivity contribution in [1.82, 2.24) is 0 Å². The van der Waals surface area contributed by atoms with Crippen LogP contribution in [0.4, 0.5) is 30.7 Å². The van der Waals surface area contributed by atoms with Crippen LogP contribution in [-0.2, 0) is 0 Å². The van der Waals surface area contributed by atoms with Crippen LogP contribution in [0.2, 0.25) is 0 Å². The third kappa shape index (κ3) is 7.54. The number of ether oxygens (including phenoxy) is 2. The number of rotatable bonds is 7. The van der Waals surface area contributed by atoms with Crippen molar-refractivity contribution in [2.45, 2.75) is 96.4 Å². The summed E-state index contributed by atoms with van der Waals surface area (Å²) in [4.78, 5) is 0. The van der Waals surface area contributed by atoms with Crippen molar-refractivity contribution >= 4 is 0 Å². The molecule has 2 aromatic carbocycles. The van der Waals surface area contributed by atoms with Crippen LogP contribution in [0.1, 0.15) is 84.0 Å². The monoisotopic (exact) mass is 600 g/mol. The molecule has 0 N–H and O–H groups in total. The van der Waals surface area contributed by atoms with Crippen molar-refractivity contribution in [3.8, 4) is 22.6 Å². The molecule has 0 unspecified atom stereocenters. The van der Waals surface area contributed by atoms with E-state index < -0.39 is 35.8 Å². The van der Waals surface area contributed by atoms with Gasteiger partial charge < -0.3 is 9.47 Å². The Morgan fingerprint density at radius 3 is 1.62 bits per heavy atom. The number of benzene rings is 2. The zero-order valence-corrected chi connectivity index (χ0v) is 23.9. The minimum Gasteiger partial charge on any atom is -0.432 e. The lowest BCUT2D eigenvalue weighted by Gasteiger charge is -2.41. The number of halogens is 7. The Kier molecular flexibility index (Phi) is 9.33. The van der Waals surface area contributed by atoms with Crippen molar-refractivity contribution < 1.29 is 40.2 Å². The van der Waals surface area contributed by atoms with Gasteiger partial charge in [0.1, 0.15) is 11.6 Å². The summed E-state index contributed by atoms with van der Waals surface area (Å²) >= 11 is 0. The molecule has 3 aliphatic rings. The van der Waals surface area contributed by atoms with Gasteiger partial charge in [-0.25, -0.2) is 8.78 Å². The van der Waals surface area contributed by atoms with Crippen LogP contribution in [-0.4, -0.2) is 12.5 Å². The van der Waals surface area contributed by atoms with Crippen LogP contribution in [0, 0.1) is 47.1 Å². The van der Waals surface area contributed by atoms with Gasteiger partial charge in [-0.05, 0) is 124 Å². The molecule has 232 valence electrons. The second kappa shape index (κ2) is 12.7. The molecule has 0 heterocycles. The summed E-state index contributed by atoms with van der Waals surface area (Å²) < 4.78 is 105. The predicted octanol–water partition coefficient (Wildman–Crippen LogP) is 10.9.